The Morgan fingerprint density at radius 1 is 1.39 bits per heavy atom. The van der Waals surface area contributed by atoms with Crippen LogP contribution in [-0.2, 0) is 4.79 Å². The molecule has 2 rings (SSSR count). The number of hydrogen-bond donors (Lipinski definition) is 0. The lowest BCUT2D eigenvalue weighted by Crippen LogP contribution is -2.49. The van der Waals surface area contributed by atoms with Crippen LogP contribution in [0.4, 0.5) is 19.0 Å². The minimum atomic E-state index is -2.98. The third-order valence-electron chi connectivity index (χ3n) is 3.68. The highest BCUT2D eigenvalue weighted by atomic mass is 35.5. The Kier molecular flexibility index (Phi) is 6.00. The first-order chi connectivity index (χ1) is 10.9. The number of amides is 1. The zero-order chi connectivity index (χ0) is 17.0. The van der Waals surface area contributed by atoms with Crippen molar-refractivity contribution in [2.45, 2.75) is 6.43 Å². The van der Waals surface area contributed by atoms with Crippen molar-refractivity contribution in [1.29, 1.82) is 0 Å². The van der Waals surface area contributed by atoms with Gasteiger partial charge in [0.05, 0.1) is 6.20 Å². The van der Waals surface area contributed by atoms with Gasteiger partial charge >= 0.3 is 6.43 Å². The average Bonchev–Trinajstić information content (AvgIpc) is 2.54. The van der Waals surface area contributed by atoms with Gasteiger partial charge in [-0.05, 0) is 11.6 Å². The number of carbonyl (C=O) groups excluding carboxylic acids is 1. The minimum Gasteiger partial charge on any atom is -0.351 e. The summed E-state index contributed by atoms with van der Waals surface area (Å²) in [6.45, 7) is 2.97. The third kappa shape index (κ3) is 4.68. The largest absolute Gasteiger partial charge is 0.351 e. The monoisotopic (exact) mass is 351 g/mol. The van der Waals surface area contributed by atoms with E-state index in [1.807, 2.05) is 4.90 Å². The number of rotatable bonds is 5. The summed E-state index contributed by atoms with van der Waals surface area (Å²) < 4.78 is 38.3. The van der Waals surface area contributed by atoms with E-state index < -0.39 is 18.1 Å². The van der Waals surface area contributed by atoms with Crippen LogP contribution in [-0.4, -0.2) is 78.4 Å². The van der Waals surface area contributed by atoms with Crippen molar-refractivity contribution >= 4 is 23.3 Å². The van der Waals surface area contributed by atoms with E-state index in [1.165, 1.54) is 7.05 Å². The molecule has 0 aliphatic carbocycles. The number of aromatic nitrogens is 2. The Morgan fingerprint density at radius 3 is 2.65 bits per heavy atom. The second kappa shape index (κ2) is 7.78. The third-order valence-corrected chi connectivity index (χ3v) is 3.86. The first-order valence-corrected chi connectivity index (χ1v) is 7.44. The molecule has 6 nitrogen and oxygen atoms in total. The molecular weight excluding hydrogens is 335 g/mol. The number of anilines is 1. The second-order valence-corrected chi connectivity index (χ2v) is 5.54. The lowest BCUT2D eigenvalue weighted by molar-refractivity contribution is -0.141. The fraction of sp³-hybridized carbons (Fsp3) is 0.615. The van der Waals surface area contributed by atoms with Crippen LogP contribution < -0.4 is 4.90 Å². The van der Waals surface area contributed by atoms with E-state index in [0.29, 0.717) is 32.7 Å². The van der Waals surface area contributed by atoms with E-state index >= 15 is 0 Å². The fourth-order valence-corrected chi connectivity index (χ4v) is 2.44. The zero-order valence-corrected chi connectivity index (χ0v) is 13.3. The summed E-state index contributed by atoms with van der Waals surface area (Å²) in [5.74, 6) is -1.55. The number of hydrogen-bond acceptors (Lipinski definition) is 5. The first-order valence-electron chi connectivity index (χ1n) is 7.07. The summed E-state index contributed by atoms with van der Waals surface area (Å²) in [4.78, 5) is 23.4. The molecule has 0 spiro atoms. The van der Waals surface area contributed by atoms with Crippen molar-refractivity contribution in [2.75, 3.05) is 51.2 Å². The number of halogens is 4. The second-order valence-electron chi connectivity index (χ2n) is 5.20. The van der Waals surface area contributed by atoms with Crippen molar-refractivity contribution in [1.82, 2.24) is 19.8 Å². The molecule has 0 saturated carbocycles. The molecule has 23 heavy (non-hydrogen) atoms. The van der Waals surface area contributed by atoms with E-state index in [2.05, 4.69) is 9.97 Å². The van der Waals surface area contributed by atoms with Gasteiger partial charge in [-0.3, -0.25) is 9.69 Å². The highest BCUT2D eigenvalue weighted by Crippen LogP contribution is 2.19. The summed E-state index contributed by atoms with van der Waals surface area (Å²) in [5.41, 5.74) is 0. The molecule has 1 aliphatic rings. The Balaban J connectivity index is 1.82. The van der Waals surface area contributed by atoms with E-state index in [9.17, 15) is 18.0 Å². The molecule has 0 radical (unpaired) electrons. The molecule has 128 valence electrons. The van der Waals surface area contributed by atoms with Crippen LogP contribution in [0.1, 0.15) is 0 Å². The number of piperazine rings is 1. The van der Waals surface area contributed by atoms with Gasteiger partial charge in [-0.25, -0.2) is 9.37 Å². The topological polar surface area (TPSA) is 52.6 Å². The number of nitrogens with zero attached hydrogens (tertiary/aromatic N) is 5. The van der Waals surface area contributed by atoms with Crippen molar-refractivity contribution < 1.29 is 18.0 Å². The Labute approximate surface area is 136 Å². The van der Waals surface area contributed by atoms with Crippen molar-refractivity contribution in [3.8, 4) is 0 Å². The average molecular weight is 352 g/mol. The van der Waals surface area contributed by atoms with Gasteiger partial charge in [-0.15, -0.1) is 0 Å². The van der Waals surface area contributed by atoms with Crippen LogP contribution in [0, 0.1) is 5.82 Å². The summed E-state index contributed by atoms with van der Waals surface area (Å²) in [6.07, 6.45) is -1.95. The highest BCUT2D eigenvalue weighted by molar-refractivity contribution is 6.28. The van der Waals surface area contributed by atoms with E-state index in [1.54, 1.807) is 4.90 Å². The van der Waals surface area contributed by atoms with Crippen LogP contribution in [0.3, 0.4) is 0 Å². The Bertz CT molecular complexity index is 554. The Morgan fingerprint density at radius 2 is 2.04 bits per heavy atom. The molecule has 0 aromatic carbocycles. The van der Waals surface area contributed by atoms with Gasteiger partial charge in [0.2, 0.25) is 5.28 Å². The molecule has 0 unspecified atom stereocenters. The molecule has 0 atom stereocenters. The van der Waals surface area contributed by atoms with E-state index in [0.717, 1.165) is 11.1 Å². The molecule has 1 amide bonds. The van der Waals surface area contributed by atoms with Crippen LogP contribution in [0.2, 0.25) is 5.28 Å². The molecular formula is C13H17ClF3N5O. The van der Waals surface area contributed by atoms with Crippen molar-refractivity contribution in [3.63, 3.8) is 0 Å². The van der Waals surface area contributed by atoms with Crippen molar-refractivity contribution in [2.24, 2.45) is 0 Å². The molecule has 1 aromatic rings. The quantitative estimate of drug-likeness (QED) is 0.744. The number of alkyl halides is 2. The van der Waals surface area contributed by atoms with Crippen LogP contribution >= 0.6 is 11.6 Å². The van der Waals surface area contributed by atoms with Gasteiger partial charge in [0, 0.05) is 46.3 Å². The van der Waals surface area contributed by atoms with Crippen LogP contribution in [0.5, 0.6) is 0 Å². The predicted octanol–water partition coefficient (Wildman–Crippen LogP) is 1.11. The lowest BCUT2D eigenvalue weighted by Gasteiger charge is -2.36. The summed E-state index contributed by atoms with van der Waals surface area (Å²) in [7, 11) is 1.35. The molecule has 1 fully saturated rings. The maximum atomic E-state index is 13.7. The summed E-state index contributed by atoms with van der Waals surface area (Å²) in [5, 5.41) is -0.0176. The van der Waals surface area contributed by atoms with E-state index in [-0.39, 0.29) is 17.6 Å². The summed E-state index contributed by atoms with van der Waals surface area (Å²) in [6, 6.07) is 0. The fourth-order valence-electron chi connectivity index (χ4n) is 2.31. The smallest absolute Gasteiger partial charge is 0.315 e. The highest BCUT2D eigenvalue weighted by Gasteiger charge is 2.23. The molecule has 1 aromatic heterocycles. The van der Waals surface area contributed by atoms with Gasteiger partial charge in [-0.2, -0.15) is 13.8 Å². The van der Waals surface area contributed by atoms with Gasteiger partial charge in [0.1, 0.15) is 0 Å². The van der Waals surface area contributed by atoms with Crippen LogP contribution in [0.15, 0.2) is 6.20 Å². The SMILES string of the molecule is CN(CCN1CCN(c2nc(Cl)ncc2F)CC1)C(=O)C(F)F. The number of likely N-dealkylation sites (N-methyl/N-ethyl adjacent to an activating group) is 1. The first kappa shape index (κ1) is 17.7. The maximum absolute atomic E-state index is 13.7. The maximum Gasteiger partial charge on any atom is 0.315 e. The predicted molar refractivity (Wildman–Crippen MR) is 79.3 cm³/mol. The molecule has 1 saturated heterocycles. The normalized spacial score (nSPS) is 16.0. The molecule has 2 heterocycles. The standard InChI is InChI=1S/C13H17ClF3N5O/c1-20(12(23)10(16)17)2-3-21-4-6-22(7-5-21)11-9(15)8-18-13(14)19-11/h8,10H,2-7H2,1H3. The lowest BCUT2D eigenvalue weighted by atomic mass is 10.3. The summed E-state index contributed by atoms with van der Waals surface area (Å²) >= 11 is 5.68. The Hall–Kier alpha value is -1.61. The van der Waals surface area contributed by atoms with Crippen LogP contribution in [0.25, 0.3) is 0 Å². The minimum absolute atomic E-state index is 0.0176. The van der Waals surface area contributed by atoms with Gasteiger partial charge in [0.25, 0.3) is 5.91 Å². The van der Waals surface area contributed by atoms with Crippen molar-refractivity contribution in [3.05, 3.63) is 17.3 Å². The molecule has 10 heteroatoms. The molecule has 0 N–H and O–H groups in total. The van der Waals surface area contributed by atoms with E-state index in [4.69, 9.17) is 11.6 Å². The van der Waals surface area contributed by atoms with Gasteiger partial charge < -0.3 is 9.80 Å². The number of carbonyl (C=O) groups is 1. The zero-order valence-electron chi connectivity index (χ0n) is 12.6. The van der Waals surface area contributed by atoms with Gasteiger partial charge in [0.15, 0.2) is 11.6 Å². The van der Waals surface area contributed by atoms with Gasteiger partial charge in [-0.1, -0.05) is 0 Å². The molecule has 1 aliphatic heterocycles. The molecule has 0 bridgehead atoms.